The number of benzene rings is 1. The first-order valence-electron chi connectivity index (χ1n) is 9.53. The van der Waals surface area contributed by atoms with Gasteiger partial charge in [-0.3, -0.25) is 4.79 Å². The van der Waals surface area contributed by atoms with Crippen molar-refractivity contribution in [3.8, 4) is 0 Å². The molecule has 6 nitrogen and oxygen atoms in total. The smallest absolute Gasteiger partial charge is 0.423 e. The summed E-state index contributed by atoms with van der Waals surface area (Å²) in [6, 6.07) is 1.54. The van der Waals surface area contributed by atoms with Crippen molar-refractivity contribution >= 4 is 21.7 Å². The standard InChI is InChI=1S/C19H27N3O3S.K/c1-22-9-8-13(11-22)12-26(24,25)21-19(23)20-18-16-6-2-4-14(16)10-15-5-3-7-17(15)18;/h10,13H,2-9,11-12H2,1H3,(H2,20,21,23);/q;+1/p-1. The molecule has 1 saturated heterocycles. The Morgan fingerprint density at radius 1 is 1.19 bits per heavy atom. The number of carbonyl (C=O) groups is 1. The van der Waals surface area contributed by atoms with Crippen molar-refractivity contribution in [2.75, 3.05) is 31.2 Å². The number of urea groups is 1. The molecule has 0 saturated carbocycles. The molecule has 27 heavy (non-hydrogen) atoms. The number of likely N-dealkylation sites (tertiary alicyclic amines) is 1. The van der Waals surface area contributed by atoms with Gasteiger partial charge in [-0.25, -0.2) is 8.42 Å². The number of sulfonamides is 1. The Bertz CT molecular complexity index is 809. The maximum Gasteiger partial charge on any atom is 1.00 e. The third-order valence-electron chi connectivity index (χ3n) is 5.86. The minimum atomic E-state index is -3.75. The number of nitrogens with zero attached hydrogens (tertiary/aromatic N) is 2. The zero-order valence-corrected chi connectivity index (χ0v) is 20.2. The van der Waals surface area contributed by atoms with Gasteiger partial charge >= 0.3 is 51.4 Å². The Balaban J connectivity index is 0.00000210. The first-order valence-corrected chi connectivity index (χ1v) is 11.1. The molecular weight excluding hydrogens is 389 g/mol. The normalized spacial score (nSPS) is 21.4. The van der Waals surface area contributed by atoms with Gasteiger partial charge in [0.05, 0.1) is 5.75 Å². The molecule has 1 heterocycles. The average Bonchev–Trinajstić information content (AvgIpc) is 3.26. The SMILES string of the molecule is CN1CCC(CS(=O)(=O)[N-]C(=O)Nc2c3c(cc4c2CCC4)CCC3)C1.[K+]. The van der Waals surface area contributed by atoms with Gasteiger partial charge in [-0.2, -0.15) is 0 Å². The fourth-order valence-electron chi connectivity index (χ4n) is 4.72. The fraction of sp³-hybridized carbons (Fsp3) is 0.632. The van der Waals surface area contributed by atoms with Gasteiger partial charge in [0.2, 0.25) is 0 Å². The van der Waals surface area contributed by atoms with E-state index < -0.39 is 16.1 Å². The third kappa shape index (κ3) is 4.97. The molecule has 2 aliphatic carbocycles. The molecule has 1 N–H and O–H groups in total. The Morgan fingerprint density at radius 3 is 2.37 bits per heavy atom. The fourth-order valence-corrected chi connectivity index (χ4v) is 5.96. The number of hydrogen-bond acceptors (Lipinski definition) is 4. The number of anilines is 1. The number of rotatable bonds is 4. The van der Waals surface area contributed by atoms with Crippen molar-refractivity contribution in [3.63, 3.8) is 0 Å². The summed E-state index contributed by atoms with van der Waals surface area (Å²) in [5, 5.41) is 2.84. The van der Waals surface area contributed by atoms with Gasteiger partial charge in [0.25, 0.3) is 0 Å². The molecule has 2 amide bonds. The van der Waals surface area contributed by atoms with Crippen molar-refractivity contribution < 1.29 is 64.6 Å². The second kappa shape index (κ2) is 8.81. The Labute approximate surface area is 204 Å². The zero-order valence-electron chi connectivity index (χ0n) is 16.3. The first-order chi connectivity index (χ1) is 12.4. The van der Waals surface area contributed by atoms with E-state index in [2.05, 4.69) is 21.0 Å². The quantitative estimate of drug-likeness (QED) is 0.694. The topological polar surface area (TPSA) is 80.6 Å². The van der Waals surface area contributed by atoms with E-state index in [1.165, 1.54) is 22.3 Å². The summed E-state index contributed by atoms with van der Waals surface area (Å²) in [5.74, 6) is 0.0160. The maximum atomic E-state index is 12.4. The molecule has 0 bridgehead atoms. The van der Waals surface area contributed by atoms with E-state index in [1.807, 2.05) is 7.05 Å². The van der Waals surface area contributed by atoms with Gasteiger partial charge in [-0.1, -0.05) is 6.07 Å². The Kier molecular flexibility index (Phi) is 7.09. The minimum absolute atomic E-state index is 0. The van der Waals surface area contributed by atoms with Crippen molar-refractivity contribution in [1.82, 2.24) is 4.90 Å². The van der Waals surface area contributed by atoms with E-state index >= 15 is 0 Å². The Hall–Kier alpha value is 0.0364. The second-order valence-corrected chi connectivity index (χ2v) is 9.60. The van der Waals surface area contributed by atoms with E-state index in [4.69, 9.17) is 0 Å². The minimum Gasteiger partial charge on any atom is -0.423 e. The van der Waals surface area contributed by atoms with E-state index in [1.54, 1.807) is 0 Å². The summed E-state index contributed by atoms with van der Waals surface area (Å²) in [6.45, 7) is 1.64. The molecule has 1 aromatic rings. The molecule has 1 atom stereocenters. The van der Waals surface area contributed by atoms with Gasteiger partial charge in [0.15, 0.2) is 16.1 Å². The molecule has 1 aromatic carbocycles. The van der Waals surface area contributed by atoms with Crippen molar-refractivity contribution in [1.29, 1.82) is 0 Å². The molecule has 3 aliphatic rings. The molecule has 0 spiro atoms. The van der Waals surface area contributed by atoms with Crippen LogP contribution in [0, 0.1) is 5.92 Å². The summed E-state index contributed by atoms with van der Waals surface area (Å²) in [6.07, 6.45) is 6.98. The van der Waals surface area contributed by atoms with Crippen LogP contribution in [0.1, 0.15) is 41.5 Å². The van der Waals surface area contributed by atoms with Crippen LogP contribution in [0.5, 0.6) is 0 Å². The van der Waals surface area contributed by atoms with Crippen LogP contribution in [0.4, 0.5) is 10.5 Å². The molecule has 4 rings (SSSR count). The van der Waals surface area contributed by atoms with Gasteiger partial charge in [0.1, 0.15) is 0 Å². The average molecular weight is 416 g/mol. The monoisotopic (exact) mass is 415 g/mol. The van der Waals surface area contributed by atoms with Crippen LogP contribution in [0.2, 0.25) is 0 Å². The molecule has 8 heteroatoms. The van der Waals surface area contributed by atoms with Crippen molar-refractivity contribution in [2.24, 2.45) is 5.92 Å². The number of aryl methyl sites for hydroxylation is 2. The van der Waals surface area contributed by atoms with Gasteiger partial charge < -0.3 is 14.9 Å². The molecular formula is C19H26KN3O3S. The first kappa shape index (κ1) is 21.7. The van der Waals surface area contributed by atoms with E-state index in [0.29, 0.717) is 0 Å². The number of fused-ring (bicyclic) bond motifs is 2. The second-order valence-electron chi connectivity index (χ2n) is 7.92. The van der Waals surface area contributed by atoms with Crippen LogP contribution in [0.15, 0.2) is 6.07 Å². The summed E-state index contributed by atoms with van der Waals surface area (Å²) in [4.78, 5) is 14.5. The van der Waals surface area contributed by atoms with Gasteiger partial charge in [-0.05, 0) is 92.4 Å². The van der Waals surface area contributed by atoms with Crippen LogP contribution < -0.4 is 56.7 Å². The van der Waals surface area contributed by atoms with E-state index in [9.17, 15) is 13.2 Å². The van der Waals surface area contributed by atoms with Crippen molar-refractivity contribution in [3.05, 3.63) is 33.0 Å². The number of nitrogens with one attached hydrogen (secondary N) is 1. The van der Waals surface area contributed by atoms with Crippen molar-refractivity contribution in [2.45, 2.75) is 44.9 Å². The largest absolute Gasteiger partial charge is 1.00 e. The van der Waals surface area contributed by atoms with Gasteiger partial charge in [-0.15, -0.1) is 0 Å². The predicted molar refractivity (Wildman–Crippen MR) is 102 cm³/mol. The molecule has 142 valence electrons. The summed E-state index contributed by atoms with van der Waals surface area (Å²) in [5.41, 5.74) is 5.82. The molecule has 1 aliphatic heterocycles. The van der Waals surface area contributed by atoms with Crippen LogP contribution in [0.3, 0.4) is 0 Å². The Morgan fingerprint density at radius 2 is 1.81 bits per heavy atom. The molecule has 0 aromatic heterocycles. The van der Waals surface area contributed by atoms with E-state index in [-0.39, 0.29) is 63.1 Å². The van der Waals surface area contributed by atoms with Crippen LogP contribution >= 0.6 is 0 Å². The summed E-state index contributed by atoms with van der Waals surface area (Å²) >= 11 is 0. The summed E-state index contributed by atoms with van der Waals surface area (Å²) < 4.78 is 28.2. The third-order valence-corrected chi connectivity index (χ3v) is 7.20. The van der Waals surface area contributed by atoms with Crippen LogP contribution in [-0.4, -0.2) is 45.2 Å². The molecule has 1 unspecified atom stereocenters. The zero-order chi connectivity index (χ0) is 18.3. The van der Waals surface area contributed by atoms with E-state index in [0.717, 1.165) is 63.7 Å². The van der Waals surface area contributed by atoms with Crippen LogP contribution in [-0.2, 0) is 35.7 Å². The predicted octanol–water partition coefficient (Wildman–Crippen LogP) is -0.145. The summed E-state index contributed by atoms with van der Waals surface area (Å²) in [7, 11) is -1.77. The molecule has 1 fully saturated rings. The van der Waals surface area contributed by atoms with Crippen LogP contribution in [0.25, 0.3) is 4.72 Å². The maximum absolute atomic E-state index is 12.4. The molecule has 0 radical (unpaired) electrons. The number of hydrogen-bond donors (Lipinski definition) is 1. The number of carbonyl (C=O) groups excluding carboxylic acids is 1. The van der Waals surface area contributed by atoms with Gasteiger partial charge in [0, 0.05) is 6.54 Å². The number of amides is 2.